The first-order valence-electron chi connectivity index (χ1n) is 15.5. The highest BCUT2D eigenvalue weighted by Crippen LogP contribution is 2.61. The molecule has 226 valence electrons. The summed E-state index contributed by atoms with van der Waals surface area (Å²) in [6.45, 7) is 1.93. The second-order valence-electron chi connectivity index (χ2n) is 12.9. The maximum absolute atomic E-state index is 13.8. The van der Waals surface area contributed by atoms with E-state index in [2.05, 4.69) is 39.1 Å². The van der Waals surface area contributed by atoms with Crippen LogP contribution in [-0.4, -0.2) is 47.0 Å². The summed E-state index contributed by atoms with van der Waals surface area (Å²) < 4.78 is 2.60. The van der Waals surface area contributed by atoms with E-state index in [0.29, 0.717) is 35.3 Å². The number of carbonyl (C=O) groups is 2. The van der Waals surface area contributed by atoms with Crippen molar-refractivity contribution in [3.63, 3.8) is 0 Å². The van der Waals surface area contributed by atoms with Gasteiger partial charge in [0, 0.05) is 35.6 Å². The lowest BCUT2D eigenvalue weighted by atomic mass is 9.58. The SMILES string of the molecule is Cc1nn2c(ncc3cc(-c4ccccc4)c(-c4ccc(C5(N6C(=O)c7ccccc7C6=O)CC(O)(C6CC6)C5)cc4)nc32)c1Br. The summed E-state index contributed by atoms with van der Waals surface area (Å²) in [7, 11) is 0. The molecule has 9 rings (SSSR count). The zero-order valence-electron chi connectivity index (χ0n) is 24.9. The minimum absolute atomic E-state index is 0.211. The third-order valence-electron chi connectivity index (χ3n) is 10.1. The molecular weight excluding hydrogens is 642 g/mol. The zero-order valence-corrected chi connectivity index (χ0v) is 26.5. The lowest BCUT2D eigenvalue weighted by molar-refractivity contribution is -0.143. The Kier molecular flexibility index (Phi) is 5.78. The summed E-state index contributed by atoms with van der Waals surface area (Å²) in [5, 5.41) is 17.1. The molecule has 4 heterocycles. The Bertz CT molecular complexity index is 2220. The molecule has 1 aliphatic heterocycles. The number of aromatic nitrogens is 4. The van der Waals surface area contributed by atoms with Gasteiger partial charge < -0.3 is 5.11 Å². The molecule has 0 unspecified atom stereocenters. The number of aliphatic hydroxyl groups is 1. The molecule has 2 amide bonds. The smallest absolute Gasteiger partial charge is 0.262 e. The average molecular weight is 671 g/mol. The van der Waals surface area contributed by atoms with Gasteiger partial charge in [0.2, 0.25) is 0 Å². The standard InChI is InChI=1S/C37H28BrN5O3/c1-21-30(38)33-39-18-24-17-29(22-7-3-2-4-8-22)31(40-32(24)43(33)41-21)23-11-13-25(14-12-23)36(19-37(46,20-36)26-15-16-26)42-34(44)27-9-5-6-10-28(27)35(42)45/h2-14,17-18,26,46H,15-16,19-20H2,1H3. The van der Waals surface area contributed by atoms with E-state index in [0.717, 1.165) is 56.3 Å². The topological polar surface area (TPSA) is 101 Å². The molecule has 2 aliphatic carbocycles. The van der Waals surface area contributed by atoms with Crippen molar-refractivity contribution in [1.82, 2.24) is 24.5 Å². The zero-order chi connectivity index (χ0) is 31.4. The van der Waals surface area contributed by atoms with Crippen LogP contribution in [-0.2, 0) is 5.54 Å². The molecule has 0 saturated heterocycles. The van der Waals surface area contributed by atoms with Gasteiger partial charge in [0.1, 0.15) is 0 Å². The van der Waals surface area contributed by atoms with Gasteiger partial charge in [-0.1, -0.05) is 66.7 Å². The van der Waals surface area contributed by atoms with Gasteiger partial charge in [-0.3, -0.25) is 14.5 Å². The second kappa shape index (κ2) is 9.64. The third-order valence-corrected chi connectivity index (χ3v) is 11.0. The number of pyridine rings is 1. The third kappa shape index (κ3) is 3.85. The van der Waals surface area contributed by atoms with E-state index in [4.69, 9.17) is 10.1 Å². The molecule has 3 aromatic heterocycles. The molecule has 46 heavy (non-hydrogen) atoms. The number of rotatable bonds is 5. The molecule has 6 aromatic rings. The van der Waals surface area contributed by atoms with Crippen molar-refractivity contribution < 1.29 is 14.7 Å². The first-order chi connectivity index (χ1) is 22.3. The highest BCUT2D eigenvalue weighted by atomic mass is 79.9. The van der Waals surface area contributed by atoms with Gasteiger partial charge in [0.05, 0.1) is 38.1 Å². The lowest BCUT2D eigenvalue weighted by Gasteiger charge is -2.57. The Hall–Kier alpha value is -4.73. The van der Waals surface area contributed by atoms with Crippen molar-refractivity contribution in [1.29, 1.82) is 0 Å². The van der Waals surface area contributed by atoms with E-state index in [-0.39, 0.29) is 17.7 Å². The first kappa shape index (κ1) is 27.6. The van der Waals surface area contributed by atoms with E-state index in [1.165, 1.54) is 4.90 Å². The molecule has 8 nitrogen and oxygen atoms in total. The number of halogens is 1. The summed E-state index contributed by atoms with van der Waals surface area (Å²) in [6.07, 6.45) is 4.43. The molecule has 9 heteroatoms. The number of imide groups is 1. The number of aryl methyl sites for hydroxylation is 1. The number of carbonyl (C=O) groups excluding carboxylic acids is 2. The molecule has 2 saturated carbocycles. The highest BCUT2D eigenvalue weighted by molar-refractivity contribution is 9.10. The molecule has 0 spiro atoms. The van der Waals surface area contributed by atoms with E-state index >= 15 is 0 Å². The van der Waals surface area contributed by atoms with Crippen LogP contribution >= 0.6 is 15.9 Å². The summed E-state index contributed by atoms with van der Waals surface area (Å²) in [4.78, 5) is 38.8. The monoisotopic (exact) mass is 669 g/mol. The predicted molar refractivity (Wildman–Crippen MR) is 177 cm³/mol. The number of nitrogens with zero attached hydrogens (tertiary/aromatic N) is 5. The van der Waals surface area contributed by atoms with Crippen molar-refractivity contribution in [2.45, 2.75) is 43.7 Å². The van der Waals surface area contributed by atoms with Crippen LogP contribution in [0.5, 0.6) is 0 Å². The first-order valence-corrected chi connectivity index (χ1v) is 16.3. The Morgan fingerprint density at radius 3 is 2.13 bits per heavy atom. The molecule has 0 atom stereocenters. The minimum Gasteiger partial charge on any atom is -0.389 e. The van der Waals surface area contributed by atoms with Crippen LogP contribution in [0, 0.1) is 12.8 Å². The van der Waals surface area contributed by atoms with Gasteiger partial charge in [0.15, 0.2) is 11.3 Å². The van der Waals surface area contributed by atoms with Crippen molar-refractivity contribution in [3.8, 4) is 22.4 Å². The van der Waals surface area contributed by atoms with Gasteiger partial charge in [-0.05, 0) is 70.9 Å². The van der Waals surface area contributed by atoms with Crippen LogP contribution in [0.15, 0.2) is 95.6 Å². The molecule has 3 aliphatic rings. The van der Waals surface area contributed by atoms with E-state index < -0.39 is 11.1 Å². The van der Waals surface area contributed by atoms with Gasteiger partial charge in [-0.15, -0.1) is 0 Å². The van der Waals surface area contributed by atoms with E-state index in [1.807, 2.05) is 55.6 Å². The van der Waals surface area contributed by atoms with Crippen LogP contribution in [0.1, 0.15) is 57.7 Å². The lowest BCUT2D eigenvalue weighted by Crippen LogP contribution is -2.65. The van der Waals surface area contributed by atoms with Gasteiger partial charge in [-0.2, -0.15) is 9.61 Å². The van der Waals surface area contributed by atoms with Crippen LogP contribution in [0.3, 0.4) is 0 Å². The Morgan fingerprint density at radius 2 is 1.48 bits per heavy atom. The molecule has 0 bridgehead atoms. The minimum atomic E-state index is -0.932. The quantitative estimate of drug-likeness (QED) is 0.196. The van der Waals surface area contributed by atoms with Gasteiger partial charge in [0.25, 0.3) is 11.8 Å². The normalized spacial score (nSPS) is 22.5. The van der Waals surface area contributed by atoms with Crippen LogP contribution in [0.4, 0.5) is 0 Å². The summed E-state index contributed by atoms with van der Waals surface area (Å²) in [6, 6.07) is 27.2. The van der Waals surface area contributed by atoms with Crippen molar-refractivity contribution in [2.24, 2.45) is 5.92 Å². The number of benzene rings is 3. The fraction of sp³-hybridized carbons (Fsp3) is 0.216. The van der Waals surface area contributed by atoms with E-state index in [1.54, 1.807) is 28.8 Å². The highest BCUT2D eigenvalue weighted by Gasteiger charge is 2.66. The fourth-order valence-corrected chi connectivity index (χ4v) is 7.96. The summed E-state index contributed by atoms with van der Waals surface area (Å²) in [5.74, 6) is -0.394. The van der Waals surface area contributed by atoms with Gasteiger partial charge in [-0.25, -0.2) is 9.97 Å². The Labute approximate surface area is 272 Å². The van der Waals surface area contributed by atoms with Gasteiger partial charge >= 0.3 is 0 Å². The second-order valence-corrected chi connectivity index (χ2v) is 13.7. The number of hydrogen-bond donors (Lipinski definition) is 1. The molecule has 3 aromatic carbocycles. The van der Waals surface area contributed by atoms with Crippen molar-refractivity contribution in [3.05, 3.63) is 118 Å². The van der Waals surface area contributed by atoms with Crippen LogP contribution < -0.4 is 0 Å². The molecule has 0 radical (unpaired) electrons. The number of hydrogen-bond acceptors (Lipinski definition) is 6. The maximum Gasteiger partial charge on any atom is 0.262 e. The fourth-order valence-electron chi connectivity index (χ4n) is 7.61. The summed E-state index contributed by atoms with van der Waals surface area (Å²) >= 11 is 3.61. The maximum atomic E-state index is 13.8. The van der Waals surface area contributed by atoms with Crippen molar-refractivity contribution in [2.75, 3.05) is 0 Å². The average Bonchev–Trinajstić information content (AvgIpc) is 3.85. The Balaban J connectivity index is 1.19. The Morgan fingerprint density at radius 1 is 0.826 bits per heavy atom. The predicted octanol–water partition coefficient (Wildman–Crippen LogP) is 7.11. The molecule has 1 N–H and O–H groups in total. The number of amides is 2. The van der Waals surface area contributed by atoms with Crippen molar-refractivity contribution >= 4 is 44.4 Å². The van der Waals surface area contributed by atoms with E-state index in [9.17, 15) is 14.7 Å². The molecule has 2 fully saturated rings. The molecular formula is C37H28BrN5O3. The largest absolute Gasteiger partial charge is 0.389 e. The summed E-state index contributed by atoms with van der Waals surface area (Å²) in [5.41, 5.74) is 5.68. The van der Waals surface area contributed by atoms with Crippen LogP contribution in [0.25, 0.3) is 39.1 Å². The number of fused-ring (bicyclic) bond motifs is 4. The van der Waals surface area contributed by atoms with Crippen LogP contribution in [0.2, 0.25) is 0 Å².